The van der Waals surface area contributed by atoms with E-state index in [4.69, 9.17) is 5.73 Å². The molecule has 0 aliphatic heterocycles. The maximum atomic E-state index is 10.2. The molecular formula is C8H9NO. The smallest absolute Gasteiger partial charge is 0.150 e. The van der Waals surface area contributed by atoms with Crippen LogP contribution >= 0.6 is 0 Å². The van der Waals surface area contributed by atoms with Crippen LogP contribution in [0.5, 0.6) is 0 Å². The third-order valence-corrected chi connectivity index (χ3v) is 1.32. The first-order valence-corrected chi connectivity index (χ1v) is 3.11. The van der Waals surface area contributed by atoms with E-state index in [9.17, 15) is 4.79 Å². The van der Waals surface area contributed by atoms with Gasteiger partial charge < -0.3 is 5.73 Å². The molecule has 2 nitrogen and oxygen atoms in total. The van der Waals surface area contributed by atoms with E-state index in [0.717, 1.165) is 11.8 Å². The molecular weight excluding hydrogens is 126 g/mol. The van der Waals surface area contributed by atoms with Crippen molar-refractivity contribution in [2.24, 2.45) is 5.73 Å². The van der Waals surface area contributed by atoms with Crippen molar-refractivity contribution >= 4 is 6.29 Å². The van der Waals surface area contributed by atoms with Gasteiger partial charge in [-0.3, -0.25) is 4.79 Å². The SMILES string of the molecule is NCc1cccc(C=O)c1. The zero-order chi connectivity index (χ0) is 7.40. The van der Waals surface area contributed by atoms with E-state index in [2.05, 4.69) is 0 Å². The molecule has 0 unspecified atom stereocenters. The zero-order valence-corrected chi connectivity index (χ0v) is 5.58. The van der Waals surface area contributed by atoms with Crippen molar-refractivity contribution in [2.45, 2.75) is 6.54 Å². The Morgan fingerprint density at radius 1 is 1.50 bits per heavy atom. The molecule has 0 saturated carbocycles. The molecule has 52 valence electrons. The average Bonchev–Trinajstić information content (AvgIpc) is 2.05. The molecule has 0 bridgehead atoms. The lowest BCUT2D eigenvalue weighted by atomic mass is 10.1. The molecule has 0 radical (unpaired) electrons. The third kappa shape index (κ3) is 1.42. The van der Waals surface area contributed by atoms with Gasteiger partial charge in [0.25, 0.3) is 0 Å². The van der Waals surface area contributed by atoms with E-state index in [0.29, 0.717) is 12.1 Å². The molecule has 0 aliphatic carbocycles. The van der Waals surface area contributed by atoms with Crippen molar-refractivity contribution in [1.82, 2.24) is 0 Å². The Hall–Kier alpha value is -1.15. The topological polar surface area (TPSA) is 43.1 Å². The summed E-state index contributed by atoms with van der Waals surface area (Å²) in [7, 11) is 0. The Morgan fingerprint density at radius 2 is 2.30 bits per heavy atom. The van der Waals surface area contributed by atoms with Gasteiger partial charge >= 0.3 is 0 Å². The predicted octanol–water partition coefficient (Wildman–Crippen LogP) is 0.958. The molecule has 0 saturated heterocycles. The summed E-state index contributed by atoms with van der Waals surface area (Å²) in [6.45, 7) is 0.488. The largest absolute Gasteiger partial charge is 0.326 e. The number of carbonyl (C=O) groups excluding carboxylic acids is 1. The lowest BCUT2D eigenvalue weighted by Crippen LogP contribution is -1.96. The van der Waals surface area contributed by atoms with Gasteiger partial charge in [-0.25, -0.2) is 0 Å². The minimum absolute atomic E-state index is 0.488. The highest BCUT2D eigenvalue weighted by Gasteiger charge is 1.90. The first-order valence-electron chi connectivity index (χ1n) is 3.11. The summed E-state index contributed by atoms with van der Waals surface area (Å²) in [6.07, 6.45) is 0.819. The molecule has 1 aromatic rings. The van der Waals surface area contributed by atoms with Crippen LogP contribution in [0.4, 0.5) is 0 Å². The van der Waals surface area contributed by atoms with Crippen LogP contribution in [0.25, 0.3) is 0 Å². The Morgan fingerprint density at radius 3 is 2.90 bits per heavy atom. The lowest BCUT2D eigenvalue weighted by molar-refractivity contribution is 0.112. The molecule has 0 aromatic heterocycles. The molecule has 2 N–H and O–H groups in total. The van der Waals surface area contributed by atoms with Crippen molar-refractivity contribution in [3.63, 3.8) is 0 Å². The highest BCUT2D eigenvalue weighted by molar-refractivity contribution is 5.74. The van der Waals surface area contributed by atoms with Gasteiger partial charge in [-0.2, -0.15) is 0 Å². The minimum Gasteiger partial charge on any atom is -0.326 e. The summed E-state index contributed by atoms with van der Waals surface area (Å²) in [4.78, 5) is 10.2. The Balaban J connectivity index is 2.98. The van der Waals surface area contributed by atoms with E-state index in [1.54, 1.807) is 12.1 Å². The van der Waals surface area contributed by atoms with Crippen LogP contribution in [-0.4, -0.2) is 6.29 Å². The van der Waals surface area contributed by atoms with E-state index in [1.807, 2.05) is 12.1 Å². The summed E-state index contributed by atoms with van der Waals surface area (Å²) in [5.41, 5.74) is 7.03. The number of hydrogen-bond donors (Lipinski definition) is 1. The molecule has 1 aromatic carbocycles. The van der Waals surface area contributed by atoms with Crippen LogP contribution in [0.2, 0.25) is 0 Å². The molecule has 0 heterocycles. The van der Waals surface area contributed by atoms with Gasteiger partial charge in [-0.05, 0) is 11.6 Å². The first-order chi connectivity index (χ1) is 4.86. The molecule has 1 rings (SSSR count). The quantitative estimate of drug-likeness (QED) is 0.614. The number of benzene rings is 1. The molecule has 0 spiro atoms. The summed E-state index contributed by atoms with van der Waals surface area (Å²) in [5.74, 6) is 0. The summed E-state index contributed by atoms with van der Waals surface area (Å²) in [6, 6.07) is 7.26. The van der Waals surface area contributed by atoms with Crippen molar-refractivity contribution in [3.05, 3.63) is 35.4 Å². The highest BCUT2D eigenvalue weighted by Crippen LogP contribution is 2.00. The van der Waals surface area contributed by atoms with Gasteiger partial charge in [0.15, 0.2) is 0 Å². The summed E-state index contributed by atoms with van der Waals surface area (Å²) < 4.78 is 0. The van der Waals surface area contributed by atoms with Gasteiger partial charge in [0.1, 0.15) is 6.29 Å². The Bertz CT molecular complexity index is 232. The molecule has 0 amide bonds. The van der Waals surface area contributed by atoms with Crippen LogP contribution in [0.3, 0.4) is 0 Å². The van der Waals surface area contributed by atoms with Crippen LogP contribution in [0.15, 0.2) is 24.3 Å². The van der Waals surface area contributed by atoms with Gasteiger partial charge in [-0.1, -0.05) is 18.2 Å². The van der Waals surface area contributed by atoms with Crippen LogP contribution in [-0.2, 0) is 6.54 Å². The lowest BCUT2D eigenvalue weighted by Gasteiger charge is -1.94. The second kappa shape index (κ2) is 3.13. The molecule has 0 atom stereocenters. The number of aldehydes is 1. The zero-order valence-electron chi connectivity index (χ0n) is 5.58. The third-order valence-electron chi connectivity index (χ3n) is 1.32. The fourth-order valence-electron chi connectivity index (χ4n) is 0.793. The standard InChI is InChI=1S/C8H9NO/c9-5-7-2-1-3-8(4-7)6-10/h1-4,6H,5,9H2. The van der Waals surface area contributed by atoms with Crippen molar-refractivity contribution in [3.8, 4) is 0 Å². The van der Waals surface area contributed by atoms with Gasteiger partial charge in [0, 0.05) is 12.1 Å². The fraction of sp³-hybridized carbons (Fsp3) is 0.125. The van der Waals surface area contributed by atoms with Crippen LogP contribution < -0.4 is 5.73 Å². The first kappa shape index (κ1) is 6.96. The maximum Gasteiger partial charge on any atom is 0.150 e. The number of rotatable bonds is 2. The van der Waals surface area contributed by atoms with E-state index < -0.39 is 0 Å². The number of nitrogens with two attached hydrogens (primary N) is 1. The average molecular weight is 135 g/mol. The minimum atomic E-state index is 0.488. The van der Waals surface area contributed by atoms with Gasteiger partial charge in [0.2, 0.25) is 0 Å². The fourth-order valence-corrected chi connectivity index (χ4v) is 0.793. The van der Waals surface area contributed by atoms with Crippen molar-refractivity contribution < 1.29 is 4.79 Å². The Labute approximate surface area is 59.7 Å². The van der Waals surface area contributed by atoms with E-state index in [-0.39, 0.29) is 0 Å². The summed E-state index contributed by atoms with van der Waals surface area (Å²) >= 11 is 0. The van der Waals surface area contributed by atoms with Crippen molar-refractivity contribution in [2.75, 3.05) is 0 Å². The van der Waals surface area contributed by atoms with Crippen molar-refractivity contribution in [1.29, 1.82) is 0 Å². The van der Waals surface area contributed by atoms with Gasteiger partial charge in [0.05, 0.1) is 0 Å². The molecule has 10 heavy (non-hydrogen) atoms. The Kier molecular flexibility index (Phi) is 2.18. The second-order valence-corrected chi connectivity index (χ2v) is 2.07. The normalized spacial score (nSPS) is 9.30. The maximum absolute atomic E-state index is 10.2. The number of carbonyl (C=O) groups is 1. The molecule has 2 heteroatoms. The molecule has 0 fully saturated rings. The summed E-state index contributed by atoms with van der Waals surface area (Å²) in [5, 5.41) is 0. The van der Waals surface area contributed by atoms with E-state index >= 15 is 0 Å². The monoisotopic (exact) mass is 135 g/mol. The van der Waals surface area contributed by atoms with Gasteiger partial charge in [-0.15, -0.1) is 0 Å². The predicted molar refractivity (Wildman–Crippen MR) is 39.7 cm³/mol. The highest BCUT2D eigenvalue weighted by atomic mass is 16.1. The van der Waals surface area contributed by atoms with E-state index in [1.165, 1.54) is 0 Å². The van der Waals surface area contributed by atoms with Crippen LogP contribution in [0, 0.1) is 0 Å². The van der Waals surface area contributed by atoms with Crippen LogP contribution in [0.1, 0.15) is 15.9 Å². The number of hydrogen-bond acceptors (Lipinski definition) is 2. The molecule has 0 aliphatic rings. The second-order valence-electron chi connectivity index (χ2n) is 2.07.